The summed E-state index contributed by atoms with van der Waals surface area (Å²) < 4.78 is 36.4. The third-order valence-corrected chi connectivity index (χ3v) is 17.1. The molecule has 0 saturated carbocycles. The summed E-state index contributed by atoms with van der Waals surface area (Å²) in [6.45, 7) is 0. The van der Waals surface area contributed by atoms with E-state index in [1.165, 1.54) is 12.1 Å². The van der Waals surface area contributed by atoms with Gasteiger partial charge in [-0.15, -0.1) is 0 Å². The molecule has 0 aliphatic heterocycles. The van der Waals surface area contributed by atoms with Crippen LogP contribution in [0.25, 0.3) is 156 Å². The molecule has 0 fully saturated rings. The Morgan fingerprint density at radius 3 is 0.889 bits per heavy atom. The van der Waals surface area contributed by atoms with Crippen LogP contribution in [0.15, 0.2) is 298 Å². The number of rotatable bonds is 11. The summed E-state index contributed by atoms with van der Waals surface area (Å²) in [5.41, 5.74) is 20.4. The highest BCUT2D eigenvalue weighted by Crippen LogP contribution is 2.46. The highest BCUT2D eigenvalue weighted by molar-refractivity contribution is 6.14. The average molecular weight is 1160 g/mol. The van der Waals surface area contributed by atoms with Gasteiger partial charge in [0.25, 0.3) is 0 Å². The van der Waals surface area contributed by atoms with Crippen molar-refractivity contribution in [3.05, 3.63) is 315 Å². The van der Waals surface area contributed by atoms with E-state index in [1.54, 1.807) is 0 Å². The van der Waals surface area contributed by atoms with Crippen LogP contribution in [-0.2, 0) is 0 Å². The van der Waals surface area contributed by atoms with E-state index >= 15 is 8.78 Å². The zero-order valence-corrected chi connectivity index (χ0v) is 48.2. The first-order valence-electron chi connectivity index (χ1n) is 29.7. The van der Waals surface area contributed by atoms with Gasteiger partial charge >= 0.3 is 0 Å². The van der Waals surface area contributed by atoms with E-state index in [0.717, 1.165) is 139 Å². The lowest BCUT2D eigenvalue weighted by atomic mass is 9.96. The van der Waals surface area contributed by atoms with Crippen LogP contribution in [0.4, 0.5) is 8.78 Å². The molecule has 10 aromatic carbocycles. The van der Waals surface area contributed by atoms with Crippen molar-refractivity contribution >= 4 is 43.6 Å². The van der Waals surface area contributed by atoms with Crippen molar-refractivity contribution in [1.29, 1.82) is 5.26 Å². The Bertz CT molecular complexity index is 5220. The molecule has 0 spiro atoms. The zero-order chi connectivity index (χ0) is 60.2. The molecule has 0 atom stereocenters. The molecule has 0 bridgehead atoms. The van der Waals surface area contributed by atoms with Crippen LogP contribution in [0.2, 0.25) is 0 Å². The molecule has 0 aliphatic carbocycles. The second-order valence-corrected chi connectivity index (χ2v) is 22.3. The largest absolute Gasteiger partial charge is 0.309 e. The van der Waals surface area contributed by atoms with Gasteiger partial charge in [-0.05, 0) is 125 Å². The summed E-state index contributed by atoms with van der Waals surface area (Å²) in [4.78, 5) is 19.6. The SMILES string of the molecule is N#Cc1cc(-n2c3ccc(-c4cccnc4-c4ccccc4)cc3c3cc(-c4cccnc4-c4ccccc4)ccc32)c(-c2cc(F)cc(F)c2)cc1-n1c2ccc(-c3cccnc3-c3ccccc3)cc2c2cc(-c3cccnc3-c3ccccc3)ccc21. The van der Waals surface area contributed by atoms with Crippen LogP contribution >= 0.6 is 0 Å². The smallest absolute Gasteiger partial charge is 0.126 e. The number of nitriles is 1. The lowest BCUT2D eigenvalue weighted by molar-refractivity contribution is 0.584. The van der Waals surface area contributed by atoms with Gasteiger partial charge in [-0.25, -0.2) is 8.78 Å². The maximum absolute atomic E-state index is 16.1. The van der Waals surface area contributed by atoms with Crippen LogP contribution in [0.5, 0.6) is 0 Å². The first-order chi connectivity index (χ1) is 44.4. The quantitative estimate of drug-likeness (QED) is 0.129. The van der Waals surface area contributed by atoms with E-state index in [-0.39, 0.29) is 0 Å². The number of pyridine rings is 4. The molecular weight excluding hydrogens is 1110 g/mol. The molecule has 0 N–H and O–H groups in total. The second-order valence-electron chi connectivity index (χ2n) is 22.3. The monoisotopic (exact) mass is 1160 g/mol. The summed E-state index contributed by atoms with van der Waals surface area (Å²) in [5, 5.41) is 15.4. The minimum absolute atomic E-state index is 0.294. The van der Waals surface area contributed by atoms with Crippen molar-refractivity contribution in [2.75, 3.05) is 0 Å². The van der Waals surface area contributed by atoms with E-state index in [1.807, 2.05) is 134 Å². The average Bonchev–Trinajstić information content (AvgIpc) is 1.57. The third-order valence-electron chi connectivity index (χ3n) is 17.1. The molecule has 0 unspecified atom stereocenters. The second kappa shape index (κ2) is 22.2. The van der Waals surface area contributed by atoms with Gasteiger partial charge in [0.15, 0.2) is 0 Å². The Hall–Kier alpha value is -12.3. The molecule has 9 heteroatoms. The van der Waals surface area contributed by atoms with Crippen molar-refractivity contribution < 1.29 is 8.78 Å². The fourth-order valence-corrected chi connectivity index (χ4v) is 13.1. The molecule has 16 aromatic rings. The molecular formula is C81H49F2N7. The minimum atomic E-state index is -0.734. The van der Waals surface area contributed by atoms with Crippen LogP contribution < -0.4 is 0 Å². The normalized spacial score (nSPS) is 11.4. The Kier molecular flexibility index (Phi) is 13.2. The number of fused-ring (bicyclic) bond motifs is 6. The van der Waals surface area contributed by atoms with Gasteiger partial charge in [0.2, 0.25) is 0 Å². The standard InChI is InChI=1S/C81H49F2N7/c82-61-41-59(42-62(83)48-61)67-49-76(89-72-33-29-55(63-25-13-37-85-78(63)51-17-5-1-6-18-51)43-68(72)69-44-56(30-34-73(69)89)64-26-14-38-86-79(64)52-19-7-2-8-20-52)60(50-84)47-77(67)90-74-35-31-57(65-27-15-39-87-80(65)53-21-9-3-10-22-53)45-70(74)71-46-58(32-36-75(71)90)66-28-16-40-88-81(66)54-23-11-4-12-24-54/h1-49H. The Morgan fingerprint density at radius 1 is 0.267 bits per heavy atom. The van der Waals surface area contributed by atoms with Gasteiger partial charge in [-0.1, -0.05) is 170 Å². The van der Waals surface area contributed by atoms with Gasteiger partial charge in [-0.2, -0.15) is 5.26 Å². The van der Waals surface area contributed by atoms with Crippen LogP contribution in [0.1, 0.15) is 5.56 Å². The molecule has 6 aromatic heterocycles. The lowest BCUT2D eigenvalue weighted by Crippen LogP contribution is -2.04. The molecule has 16 rings (SSSR count). The number of aromatic nitrogens is 6. The van der Waals surface area contributed by atoms with Crippen LogP contribution in [0, 0.1) is 23.0 Å². The molecule has 0 aliphatic rings. The minimum Gasteiger partial charge on any atom is -0.309 e. The summed E-state index contributed by atoms with van der Waals surface area (Å²) in [6.07, 6.45) is 7.27. The number of halogens is 2. The molecule has 90 heavy (non-hydrogen) atoms. The number of hydrogen-bond donors (Lipinski definition) is 0. The predicted octanol–water partition coefficient (Wildman–Crippen LogP) is 20.6. The fraction of sp³-hybridized carbons (Fsp3) is 0. The Morgan fingerprint density at radius 2 is 0.578 bits per heavy atom. The van der Waals surface area contributed by atoms with Crippen molar-refractivity contribution in [2.45, 2.75) is 0 Å². The van der Waals surface area contributed by atoms with E-state index in [2.05, 4.69) is 161 Å². The molecule has 0 radical (unpaired) electrons. The van der Waals surface area contributed by atoms with Crippen molar-refractivity contribution in [3.8, 4) is 118 Å². The molecule has 0 saturated heterocycles. The predicted molar refractivity (Wildman–Crippen MR) is 360 cm³/mol. The Balaban J connectivity index is 0.962. The molecule has 6 heterocycles. The first kappa shape index (κ1) is 53.2. The zero-order valence-electron chi connectivity index (χ0n) is 48.2. The van der Waals surface area contributed by atoms with Crippen molar-refractivity contribution in [1.82, 2.24) is 29.1 Å². The highest BCUT2D eigenvalue weighted by atomic mass is 19.1. The maximum atomic E-state index is 16.1. The highest BCUT2D eigenvalue weighted by Gasteiger charge is 2.25. The number of hydrogen-bond acceptors (Lipinski definition) is 5. The molecule has 422 valence electrons. The molecule has 7 nitrogen and oxygen atoms in total. The van der Waals surface area contributed by atoms with Gasteiger partial charge in [0.05, 0.1) is 61.8 Å². The summed E-state index contributed by atoms with van der Waals surface area (Å²) in [7, 11) is 0. The van der Waals surface area contributed by atoms with Crippen LogP contribution in [-0.4, -0.2) is 29.1 Å². The fourth-order valence-electron chi connectivity index (χ4n) is 13.1. The first-order valence-corrected chi connectivity index (χ1v) is 29.7. The van der Waals surface area contributed by atoms with E-state index in [0.29, 0.717) is 28.1 Å². The summed E-state index contributed by atoms with van der Waals surface area (Å²) >= 11 is 0. The summed E-state index contributed by atoms with van der Waals surface area (Å²) in [6, 6.07) is 92.5. The maximum Gasteiger partial charge on any atom is 0.126 e. The van der Waals surface area contributed by atoms with E-state index < -0.39 is 11.6 Å². The van der Waals surface area contributed by atoms with Gasteiger partial charge in [0, 0.05) is 102 Å². The van der Waals surface area contributed by atoms with Gasteiger partial charge in [-0.3, -0.25) is 19.9 Å². The molecule has 0 amide bonds. The van der Waals surface area contributed by atoms with Gasteiger partial charge in [0.1, 0.15) is 17.7 Å². The van der Waals surface area contributed by atoms with Crippen molar-refractivity contribution in [3.63, 3.8) is 0 Å². The van der Waals surface area contributed by atoms with Crippen LogP contribution in [0.3, 0.4) is 0 Å². The van der Waals surface area contributed by atoms with Gasteiger partial charge < -0.3 is 9.13 Å². The topological polar surface area (TPSA) is 85.2 Å². The Labute approximate surface area is 517 Å². The third kappa shape index (κ3) is 9.26. The number of benzene rings is 10. The summed E-state index contributed by atoms with van der Waals surface area (Å²) in [5.74, 6) is -1.47. The van der Waals surface area contributed by atoms with Crippen molar-refractivity contribution in [2.24, 2.45) is 0 Å². The van der Waals surface area contributed by atoms with E-state index in [9.17, 15) is 5.26 Å². The lowest BCUT2D eigenvalue weighted by Gasteiger charge is -2.19. The van der Waals surface area contributed by atoms with E-state index in [4.69, 9.17) is 19.9 Å². The number of nitrogens with zero attached hydrogens (tertiary/aromatic N) is 7.